The molecule has 0 spiro atoms. The van der Waals surface area contributed by atoms with Crippen molar-refractivity contribution in [1.82, 2.24) is 0 Å². The Morgan fingerprint density at radius 1 is 1.50 bits per heavy atom. The third-order valence-corrected chi connectivity index (χ3v) is 2.25. The van der Waals surface area contributed by atoms with Crippen LogP contribution in [0.4, 0.5) is 0 Å². The lowest BCUT2D eigenvalue weighted by Crippen LogP contribution is -2.04. The second kappa shape index (κ2) is 2.79. The lowest BCUT2D eigenvalue weighted by molar-refractivity contribution is 0.356. The average Bonchev–Trinajstić information content (AvgIpc) is 2.49. The van der Waals surface area contributed by atoms with Crippen LogP contribution in [0, 0.1) is 0 Å². The molecule has 2 nitrogen and oxygen atoms in total. The van der Waals surface area contributed by atoms with Crippen molar-refractivity contribution >= 4 is 0 Å². The zero-order valence-corrected chi connectivity index (χ0v) is 7.21. The molecule has 2 heteroatoms. The molecule has 2 N–H and O–H groups in total. The Kier molecular flexibility index (Phi) is 1.77. The summed E-state index contributed by atoms with van der Waals surface area (Å²) in [6.45, 7) is 2.80. The SMILES string of the molecule is C[C@@H](N)c1ccc2c(c1)OCC2. The van der Waals surface area contributed by atoms with Crippen LogP contribution in [0.3, 0.4) is 0 Å². The zero-order valence-electron chi connectivity index (χ0n) is 7.21. The van der Waals surface area contributed by atoms with Crippen molar-refractivity contribution in [3.05, 3.63) is 29.3 Å². The summed E-state index contributed by atoms with van der Waals surface area (Å²) in [5.41, 5.74) is 8.21. The van der Waals surface area contributed by atoms with Crippen molar-refractivity contribution in [3.8, 4) is 5.75 Å². The molecule has 1 heterocycles. The second-order valence-electron chi connectivity index (χ2n) is 3.25. The molecule has 0 unspecified atom stereocenters. The molecule has 0 saturated heterocycles. The number of rotatable bonds is 1. The number of fused-ring (bicyclic) bond motifs is 1. The maximum Gasteiger partial charge on any atom is 0.122 e. The molecular weight excluding hydrogens is 150 g/mol. The monoisotopic (exact) mass is 163 g/mol. The van der Waals surface area contributed by atoms with Gasteiger partial charge in [-0.2, -0.15) is 0 Å². The standard InChI is InChI=1S/C10H13NO/c1-7(11)9-3-2-8-4-5-12-10(8)6-9/h2-3,6-7H,4-5,11H2,1H3/t7-/m1/s1. The minimum Gasteiger partial charge on any atom is -0.493 e. The minimum atomic E-state index is 0.0968. The first-order valence-corrected chi connectivity index (χ1v) is 4.28. The Balaban J connectivity index is 2.39. The molecule has 0 amide bonds. The van der Waals surface area contributed by atoms with Crippen LogP contribution in [-0.4, -0.2) is 6.61 Å². The van der Waals surface area contributed by atoms with Gasteiger partial charge in [-0.25, -0.2) is 0 Å². The van der Waals surface area contributed by atoms with Crippen LogP contribution in [0.15, 0.2) is 18.2 Å². The van der Waals surface area contributed by atoms with Gasteiger partial charge in [-0.05, 0) is 24.1 Å². The maximum absolute atomic E-state index is 5.75. The Labute approximate surface area is 72.3 Å². The molecule has 12 heavy (non-hydrogen) atoms. The molecule has 2 rings (SSSR count). The van der Waals surface area contributed by atoms with Crippen LogP contribution in [-0.2, 0) is 6.42 Å². The normalized spacial score (nSPS) is 16.8. The molecule has 0 fully saturated rings. The van der Waals surface area contributed by atoms with Gasteiger partial charge in [0.05, 0.1) is 6.61 Å². The molecule has 0 saturated carbocycles. The van der Waals surface area contributed by atoms with Crippen LogP contribution in [0.5, 0.6) is 5.75 Å². The van der Waals surface area contributed by atoms with E-state index in [1.165, 1.54) is 5.56 Å². The molecule has 1 aliphatic heterocycles. The van der Waals surface area contributed by atoms with E-state index in [0.29, 0.717) is 0 Å². The highest BCUT2D eigenvalue weighted by Crippen LogP contribution is 2.27. The quantitative estimate of drug-likeness (QED) is 0.683. The summed E-state index contributed by atoms with van der Waals surface area (Å²) in [7, 11) is 0. The van der Waals surface area contributed by atoms with Gasteiger partial charge in [-0.15, -0.1) is 0 Å². The summed E-state index contributed by atoms with van der Waals surface area (Å²) in [5, 5.41) is 0. The van der Waals surface area contributed by atoms with Crippen molar-refractivity contribution in [1.29, 1.82) is 0 Å². The summed E-state index contributed by atoms with van der Waals surface area (Å²) in [4.78, 5) is 0. The Morgan fingerprint density at radius 2 is 2.33 bits per heavy atom. The fourth-order valence-corrected chi connectivity index (χ4v) is 1.47. The number of hydrogen-bond acceptors (Lipinski definition) is 2. The van der Waals surface area contributed by atoms with E-state index in [0.717, 1.165) is 24.3 Å². The minimum absolute atomic E-state index is 0.0968. The Hall–Kier alpha value is -1.02. The van der Waals surface area contributed by atoms with Gasteiger partial charge in [0.25, 0.3) is 0 Å². The maximum atomic E-state index is 5.75. The van der Waals surface area contributed by atoms with Crippen LogP contribution >= 0.6 is 0 Å². The van der Waals surface area contributed by atoms with E-state index in [4.69, 9.17) is 10.5 Å². The lowest BCUT2D eigenvalue weighted by atomic mass is 10.1. The highest BCUT2D eigenvalue weighted by Gasteiger charge is 2.12. The zero-order chi connectivity index (χ0) is 8.55. The number of nitrogens with two attached hydrogens (primary N) is 1. The highest BCUT2D eigenvalue weighted by molar-refractivity contribution is 5.40. The van der Waals surface area contributed by atoms with Crippen molar-refractivity contribution in [2.24, 2.45) is 5.73 Å². The van der Waals surface area contributed by atoms with Crippen LogP contribution in [0.25, 0.3) is 0 Å². The van der Waals surface area contributed by atoms with E-state index in [-0.39, 0.29) is 6.04 Å². The van der Waals surface area contributed by atoms with Gasteiger partial charge in [0.2, 0.25) is 0 Å². The van der Waals surface area contributed by atoms with Crippen molar-refractivity contribution in [2.75, 3.05) is 6.61 Å². The number of ether oxygens (including phenoxy) is 1. The molecule has 64 valence electrons. The molecule has 0 bridgehead atoms. The van der Waals surface area contributed by atoms with E-state index < -0.39 is 0 Å². The first-order chi connectivity index (χ1) is 5.77. The lowest BCUT2D eigenvalue weighted by Gasteiger charge is -2.06. The van der Waals surface area contributed by atoms with Crippen LogP contribution in [0.2, 0.25) is 0 Å². The Morgan fingerprint density at radius 3 is 3.08 bits per heavy atom. The van der Waals surface area contributed by atoms with Crippen molar-refractivity contribution < 1.29 is 4.74 Å². The topological polar surface area (TPSA) is 35.2 Å². The third-order valence-electron chi connectivity index (χ3n) is 2.25. The summed E-state index contributed by atoms with van der Waals surface area (Å²) >= 11 is 0. The fraction of sp³-hybridized carbons (Fsp3) is 0.400. The molecule has 1 aromatic carbocycles. The predicted molar refractivity (Wildman–Crippen MR) is 48.2 cm³/mol. The largest absolute Gasteiger partial charge is 0.493 e. The summed E-state index contributed by atoms with van der Waals surface area (Å²) in [6.07, 6.45) is 1.04. The summed E-state index contributed by atoms with van der Waals surface area (Å²) in [5.74, 6) is 1.02. The first kappa shape index (κ1) is 7.62. The van der Waals surface area contributed by atoms with Gasteiger partial charge in [-0.1, -0.05) is 12.1 Å². The number of hydrogen-bond donors (Lipinski definition) is 1. The van der Waals surface area contributed by atoms with E-state index in [1.807, 2.05) is 13.0 Å². The van der Waals surface area contributed by atoms with Gasteiger partial charge in [0, 0.05) is 12.5 Å². The van der Waals surface area contributed by atoms with Crippen molar-refractivity contribution in [2.45, 2.75) is 19.4 Å². The van der Waals surface area contributed by atoms with Gasteiger partial charge in [0.1, 0.15) is 5.75 Å². The summed E-state index contributed by atoms with van der Waals surface area (Å²) in [6, 6.07) is 6.34. The van der Waals surface area contributed by atoms with Crippen molar-refractivity contribution in [3.63, 3.8) is 0 Å². The van der Waals surface area contributed by atoms with Gasteiger partial charge < -0.3 is 10.5 Å². The third kappa shape index (κ3) is 1.18. The second-order valence-corrected chi connectivity index (χ2v) is 3.25. The molecule has 0 aliphatic carbocycles. The van der Waals surface area contributed by atoms with E-state index in [9.17, 15) is 0 Å². The summed E-state index contributed by atoms with van der Waals surface area (Å²) < 4.78 is 5.43. The van der Waals surface area contributed by atoms with E-state index in [2.05, 4.69) is 12.1 Å². The molecule has 1 aliphatic rings. The van der Waals surface area contributed by atoms with E-state index in [1.54, 1.807) is 0 Å². The van der Waals surface area contributed by atoms with Crippen LogP contribution < -0.4 is 10.5 Å². The van der Waals surface area contributed by atoms with E-state index >= 15 is 0 Å². The predicted octanol–water partition coefficient (Wildman–Crippen LogP) is 1.64. The Bertz CT molecular complexity index is 294. The van der Waals surface area contributed by atoms with Gasteiger partial charge in [0.15, 0.2) is 0 Å². The highest BCUT2D eigenvalue weighted by atomic mass is 16.5. The molecular formula is C10H13NO. The fourth-order valence-electron chi connectivity index (χ4n) is 1.47. The first-order valence-electron chi connectivity index (χ1n) is 4.28. The molecule has 1 atom stereocenters. The molecule has 0 aromatic heterocycles. The molecule has 1 aromatic rings. The van der Waals surface area contributed by atoms with Gasteiger partial charge in [-0.3, -0.25) is 0 Å². The number of benzene rings is 1. The average molecular weight is 163 g/mol. The van der Waals surface area contributed by atoms with Crippen LogP contribution in [0.1, 0.15) is 24.1 Å². The smallest absolute Gasteiger partial charge is 0.122 e. The molecule has 0 radical (unpaired) electrons. The van der Waals surface area contributed by atoms with Gasteiger partial charge >= 0.3 is 0 Å².